The quantitative estimate of drug-likeness (QED) is 0.665. The van der Waals surface area contributed by atoms with E-state index in [1.807, 2.05) is 18.3 Å². The van der Waals surface area contributed by atoms with E-state index in [2.05, 4.69) is 29.2 Å². The van der Waals surface area contributed by atoms with Crippen molar-refractivity contribution in [2.75, 3.05) is 0 Å². The van der Waals surface area contributed by atoms with Crippen LogP contribution in [0.15, 0.2) is 42.6 Å². The molecule has 1 heteroatoms. The molecular weight excluding hydrogens is 206 g/mol. The first-order chi connectivity index (χ1) is 8.43. The smallest absolute Gasteiger partial charge is 0.0702 e. The maximum Gasteiger partial charge on any atom is 0.0702 e. The molecule has 86 valence electrons. The topological polar surface area (TPSA) is 12.9 Å². The van der Waals surface area contributed by atoms with Crippen LogP contribution in [0.25, 0.3) is 11.3 Å². The summed E-state index contributed by atoms with van der Waals surface area (Å²) in [4.78, 5) is 4.42. The van der Waals surface area contributed by atoms with Crippen molar-refractivity contribution < 1.29 is 0 Å². The molecule has 0 unspecified atom stereocenters. The number of benzene rings is 1. The van der Waals surface area contributed by atoms with E-state index in [4.69, 9.17) is 0 Å². The highest BCUT2D eigenvalue weighted by molar-refractivity contribution is 5.60. The molecule has 1 nitrogen and oxygen atoms in total. The number of hydrogen-bond acceptors (Lipinski definition) is 1. The van der Waals surface area contributed by atoms with Crippen LogP contribution in [0.2, 0.25) is 0 Å². The molecule has 1 aliphatic rings. The number of fused-ring (bicyclic) bond motifs is 1. The Labute approximate surface area is 103 Å². The minimum Gasteiger partial charge on any atom is -0.256 e. The summed E-state index contributed by atoms with van der Waals surface area (Å²) in [5.41, 5.74) is 5.42. The summed E-state index contributed by atoms with van der Waals surface area (Å²) < 4.78 is 0. The zero-order chi connectivity index (χ0) is 11.5. The molecular formula is C16H17N. The molecule has 1 heterocycles. The number of nitrogens with zero attached hydrogens (tertiary/aromatic N) is 1. The third-order valence-corrected chi connectivity index (χ3v) is 3.56. The first-order valence-electron chi connectivity index (χ1n) is 6.47. The summed E-state index contributed by atoms with van der Waals surface area (Å²) in [5.74, 6) is 0. The van der Waals surface area contributed by atoms with Gasteiger partial charge < -0.3 is 0 Å². The zero-order valence-corrected chi connectivity index (χ0v) is 10.0. The molecule has 2 aromatic rings. The fourth-order valence-corrected chi connectivity index (χ4v) is 2.60. The molecule has 0 spiro atoms. The first-order valence-corrected chi connectivity index (χ1v) is 6.47. The second-order valence-electron chi connectivity index (χ2n) is 4.76. The average molecular weight is 223 g/mol. The molecule has 1 aromatic heterocycles. The van der Waals surface area contributed by atoms with Gasteiger partial charge in [0.1, 0.15) is 0 Å². The molecule has 0 bridgehead atoms. The molecule has 0 aliphatic heterocycles. The zero-order valence-electron chi connectivity index (χ0n) is 10.0. The highest BCUT2D eigenvalue weighted by Crippen LogP contribution is 2.25. The molecule has 0 saturated carbocycles. The molecule has 0 amide bonds. The Kier molecular flexibility index (Phi) is 2.91. The Morgan fingerprint density at radius 3 is 2.53 bits per heavy atom. The van der Waals surface area contributed by atoms with Gasteiger partial charge in [0.25, 0.3) is 0 Å². The largest absolute Gasteiger partial charge is 0.256 e. The van der Waals surface area contributed by atoms with Gasteiger partial charge in [-0.05, 0) is 55.0 Å². The second-order valence-corrected chi connectivity index (χ2v) is 4.76. The van der Waals surface area contributed by atoms with Crippen molar-refractivity contribution >= 4 is 0 Å². The second kappa shape index (κ2) is 4.70. The summed E-state index contributed by atoms with van der Waals surface area (Å²) in [5, 5.41) is 0. The van der Waals surface area contributed by atoms with Gasteiger partial charge in [0, 0.05) is 11.8 Å². The minimum atomic E-state index is 1.08. The SMILES string of the molecule is c1ccc(-c2ccc3c(c2)CCCCC3)nc1. The highest BCUT2D eigenvalue weighted by Gasteiger charge is 2.09. The van der Waals surface area contributed by atoms with E-state index in [9.17, 15) is 0 Å². The molecule has 0 atom stereocenters. The number of aryl methyl sites for hydroxylation is 2. The molecule has 0 saturated heterocycles. The molecule has 17 heavy (non-hydrogen) atoms. The fourth-order valence-electron chi connectivity index (χ4n) is 2.60. The van der Waals surface area contributed by atoms with Crippen LogP contribution in [0.1, 0.15) is 30.4 Å². The summed E-state index contributed by atoms with van der Waals surface area (Å²) >= 11 is 0. The lowest BCUT2D eigenvalue weighted by molar-refractivity contribution is 0.711. The van der Waals surface area contributed by atoms with Crippen molar-refractivity contribution in [2.45, 2.75) is 32.1 Å². The summed E-state index contributed by atoms with van der Waals surface area (Å²) in [6, 6.07) is 12.9. The van der Waals surface area contributed by atoms with Crippen LogP contribution in [0, 0.1) is 0 Å². The van der Waals surface area contributed by atoms with Gasteiger partial charge in [-0.1, -0.05) is 24.6 Å². The van der Waals surface area contributed by atoms with Crippen molar-refractivity contribution in [2.24, 2.45) is 0 Å². The van der Waals surface area contributed by atoms with Crippen molar-refractivity contribution in [3.05, 3.63) is 53.7 Å². The van der Waals surface area contributed by atoms with Gasteiger partial charge in [-0.3, -0.25) is 4.98 Å². The van der Waals surface area contributed by atoms with E-state index >= 15 is 0 Å². The van der Waals surface area contributed by atoms with Gasteiger partial charge in [-0.15, -0.1) is 0 Å². The predicted molar refractivity (Wildman–Crippen MR) is 70.9 cm³/mol. The fraction of sp³-hybridized carbons (Fsp3) is 0.312. The Bertz CT molecular complexity index is 502. The molecule has 1 aromatic carbocycles. The van der Waals surface area contributed by atoms with Crippen molar-refractivity contribution in [1.82, 2.24) is 4.98 Å². The standard InChI is InChI=1S/C16H17N/c1-2-6-13-9-10-15(12-14(13)7-3-1)16-8-4-5-11-17-16/h4-5,8-12H,1-3,6-7H2. The number of aromatic nitrogens is 1. The number of rotatable bonds is 1. The van der Waals surface area contributed by atoms with Crippen LogP contribution in [-0.2, 0) is 12.8 Å². The predicted octanol–water partition coefficient (Wildman–Crippen LogP) is 4.02. The van der Waals surface area contributed by atoms with Crippen molar-refractivity contribution in [3.8, 4) is 11.3 Å². The van der Waals surface area contributed by atoms with Crippen LogP contribution in [-0.4, -0.2) is 4.98 Å². The molecule has 0 fully saturated rings. The van der Waals surface area contributed by atoms with Gasteiger partial charge in [-0.2, -0.15) is 0 Å². The van der Waals surface area contributed by atoms with E-state index in [1.54, 1.807) is 5.56 Å². The van der Waals surface area contributed by atoms with Gasteiger partial charge in [-0.25, -0.2) is 0 Å². The molecule has 0 radical (unpaired) electrons. The van der Waals surface area contributed by atoms with Crippen LogP contribution < -0.4 is 0 Å². The van der Waals surface area contributed by atoms with Crippen LogP contribution in [0.3, 0.4) is 0 Å². The van der Waals surface area contributed by atoms with Gasteiger partial charge in [0.2, 0.25) is 0 Å². The summed E-state index contributed by atoms with van der Waals surface area (Å²) in [7, 11) is 0. The van der Waals surface area contributed by atoms with Gasteiger partial charge in [0.05, 0.1) is 5.69 Å². The maximum absolute atomic E-state index is 4.42. The van der Waals surface area contributed by atoms with E-state index in [0.29, 0.717) is 0 Å². The third kappa shape index (κ3) is 2.23. The maximum atomic E-state index is 4.42. The summed E-state index contributed by atoms with van der Waals surface area (Å²) in [6.07, 6.45) is 8.39. The lowest BCUT2D eigenvalue weighted by Crippen LogP contribution is -1.92. The molecule has 0 N–H and O–H groups in total. The van der Waals surface area contributed by atoms with Crippen LogP contribution in [0.4, 0.5) is 0 Å². The highest BCUT2D eigenvalue weighted by atomic mass is 14.7. The molecule has 3 rings (SSSR count). The normalized spacial score (nSPS) is 15.1. The Hall–Kier alpha value is -1.63. The number of hydrogen-bond donors (Lipinski definition) is 0. The lowest BCUT2D eigenvalue weighted by atomic mass is 9.98. The summed E-state index contributed by atoms with van der Waals surface area (Å²) in [6.45, 7) is 0. The van der Waals surface area contributed by atoms with E-state index < -0.39 is 0 Å². The average Bonchev–Trinajstić information content (AvgIpc) is 2.64. The molecule has 1 aliphatic carbocycles. The monoisotopic (exact) mass is 223 g/mol. The minimum absolute atomic E-state index is 1.08. The Balaban J connectivity index is 2.00. The van der Waals surface area contributed by atoms with Gasteiger partial charge in [0.15, 0.2) is 0 Å². The first kappa shape index (κ1) is 10.5. The van der Waals surface area contributed by atoms with Crippen LogP contribution in [0.5, 0.6) is 0 Å². The van der Waals surface area contributed by atoms with E-state index in [-0.39, 0.29) is 0 Å². The van der Waals surface area contributed by atoms with Gasteiger partial charge >= 0.3 is 0 Å². The Morgan fingerprint density at radius 1 is 0.824 bits per heavy atom. The third-order valence-electron chi connectivity index (χ3n) is 3.56. The lowest BCUT2D eigenvalue weighted by Gasteiger charge is -2.08. The van der Waals surface area contributed by atoms with Crippen molar-refractivity contribution in [1.29, 1.82) is 0 Å². The Morgan fingerprint density at radius 2 is 1.71 bits per heavy atom. The van der Waals surface area contributed by atoms with E-state index in [1.165, 1.54) is 43.2 Å². The van der Waals surface area contributed by atoms with E-state index in [0.717, 1.165) is 5.69 Å². The van der Waals surface area contributed by atoms with Crippen LogP contribution >= 0.6 is 0 Å². The number of pyridine rings is 1. The van der Waals surface area contributed by atoms with Crippen molar-refractivity contribution in [3.63, 3.8) is 0 Å².